The van der Waals surface area contributed by atoms with Crippen LogP contribution in [0.5, 0.6) is 0 Å². The molecule has 124 valence electrons. The third-order valence-electron chi connectivity index (χ3n) is 4.89. The standard InChI is InChI=1S/C15H25FN2O3Si/c1-14(2,3)22(4,5)21-15(16)9-6-8-12(13(15)18(19)20)17-10-7-11-17/h6,8-9,13H,7,10-11H2,1-5H3. The van der Waals surface area contributed by atoms with Crippen LogP contribution in [0.1, 0.15) is 27.2 Å². The Bertz CT molecular complexity index is 523. The van der Waals surface area contributed by atoms with Gasteiger partial charge in [0.2, 0.25) is 0 Å². The predicted molar refractivity (Wildman–Crippen MR) is 86.3 cm³/mol. The van der Waals surface area contributed by atoms with E-state index < -0.39 is 25.1 Å². The van der Waals surface area contributed by atoms with Gasteiger partial charge in [-0.3, -0.25) is 10.1 Å². The fraction of sp³-hybridized carbons (Fsp3) is 0.733. The molecule has 0 spiro atoms. The van der Waals surface area contributed by atoms with E-state index in [1.54, 1.807) is 12.2 Å². The first kappa shape index (κ1) is 17.1. The van der Waals surface area contributed by atoms with E-state index >= 15 is 4.39 Å². The van der Waals surface area contributed by atoms with Crippen molar-refractivity contribution in [1.29, 1.82) is 0 Å². The molecular weight excluding hydrogens is 303 g/mol. The van der Waals surface area contributed by atoms with Crippen LogP contribution >= 0.6 is 0 Å². The zero-order valence-corrected chi connectivity index (χ0v) is 14.9. The first-order valence-electron chi connectivity index (χ1n) is 7.65. The van der Waals surface area contributed by atoms with Crippen molar-refractivity contribution in [3.8, 4) is 0 Å². The van der Waals surface area contributed by atoms with Gasteiger partial charge in [-0.2, -0.15) is 0 Å². The third-order valence-corrected chi connectivity index (χ3v) is 9.33. The Balaban J connectivity index is 2.33. The van der Waals surface area contributed by atoms with Crippen molar-refractivity contribution in [2.24, 2.45) is 0 Å². The van der Waals surface area contributed by atoms with Crippen LogP contribution in [0.15, 0.2) is 23.9 Å². The maximum Gasteiger partial charge on any atom is 0.312 e. The average Bonchev–Trinajstić information content (AvgIpc) is 2.22. The molecule has 1 fully saturated rings. The van der Waals surface area contributed by atoms with Crippen molar-refractivity contribution in [1.82, 2.24) is 4.90 Å². The van der Waals surface area contributed by atoms with Gasteiger partial charge in [0.05, 0.1) is 5.70 Å². The minimum atomic E-state index is -2.49. The lowest BCUT2D eigenvalue weighted by Gasteiger charge is -2.44. The molecule has 0 aromatic carbocycles. The van der Waals surface area contributed by atoms with Gasteiger partial charge in [0, 0.05) is 18.0 Å². The Hall–Kier alpha value is -1.21. The lowest BCUT2D eigenvalue weighted by molar-refractivity contribution is -0.542. The van der Waals surface area contributed by atoms with E-state index in [4.69, 9.17) is 4.43 Å². The number of hydrogen-bond donors (Lipinski definition) is 0. The molecular formula is C15H25FN2O3Si. The lowest BCUT2D eigenvalue weighted by Crippen LogP contribution is -2.58. The highest BCUT2D eigenvalue weighted by Gasteiger charge is 2.57. The fourth-order valence-electron chi connectivity index (χ4n) is 2.40. The highest BCUT2D eigenvalue weighted by molar-refractivity contribution is 6.74. The zero-order valence-electron chi connectivity index (χ0n) is 13.9. The Morgan fingerprint density at radius 3 is 2.45 bits per heavy atom. The van der Waals surface area contributed by atoms with Gasteiger partial charge >= 0.3 is 6.04 Å². The Labute approximate surface area is 132 Å². The highest BCUT2D eigenvalue weighted by Crippen LogP contribution is 2.43. The van der Waals surface area contributed by atoms with Crippen LogP contribution in [0.3, 0.4) is 0 Å². The lowest BCUT2D eigenvalue weighted by atomic mass is 9.97. The average molecular weight is 328 g/mol. The minimum Gasteiger partial charge on any atom is -0.378 e. The van der Waals surface area contributed by atoms with Gasteiger partial charge in [0.15, 0.2) is 8.32 Å². The van der Waals surface area contributed by atoms with Gasteiger partial charge in [-0.05, 0) is 36.7 Å². The quantitative estimate of drug-likeness (QED) is 0.450. The first-order valence-corrected chi connectivity index (χ1v) is 10.6. The third kappa shape index (κ3) is 2.96. The van der Waals surface area contributed by atoms with Crippen LogP contribution in [0, 0.1) is 10.1 Å². The molecule has 7 heteroatoms. The second kappa shape index (κ2) is 5.45. The van der Waals surface area contributed by atoms with Gasteiger partial charge in [-0.15, -0.1) is 0 Å². The minimum absolute atomic E-state index is 0.223. The summed E-state index contributed by atoms with van der Waals surface area (Å²) >= 11 is 0. The summed E-state index contributed by atoms with van der Waals surface area (Å²) in [4.78, 5) is 12.9. The highest BCUT2D eigenvalue weighted by atomic mass is 28.4. The van der Waals surface area contributed by atoms with Crippen molar-refractivity contribution in [3.63, 3.8) is 0 Å². The molecule has 1 saturated heterocycles. The number of likely N-dealkylation sites (tertiary alicyclic amines) is 1. The number of allylic oxidation sites excluding steroid dienone is 2. The molecule has 2 atom stereocenters. The molecule has 1 aliphatic carbocycles. The smallest absolute Gasteiger partial charge is 0.312 e. The number of nitro groups is 1. The summed E-state index contributed by atoms with van der Waals surface area (Å²) < 4.78 is 21.3. The molecule has 22 heavy (non-hydrogen) atoms. The second-order valence-electron chi connectivity index (χ2n) is 7.54. The molecule has 1 aliphatic heterocycles. The number of alkyl halides is 1. The van der Waals surface area contributed by atoms with Crippen molar-refractivity contribution in [2.75, 3.05) is 13.1 Å². The van der Waals surface area contributed by atoms with Crippen molar-refractivity contribution in [3.05, 3.63) is 34.0 Å². The number of hydrogen-bond acceptors (Lipinski definition) is 4. The van der Waals surface area contributed by atoms with Crippen LogP contribution in [0.25, 0.3) is 0 Å². The first-order chi connectivity index (χ1) is 9.98. The van der Waals surface area contributed by atoms with E-state index in [-0.39, 0.29) is 5.04 Å². The molecule has 0 amide bonds. The largest absolute Gasteiger partial charge is 0.378 e. The summed E-state index contributed by atoms with van der Waals surface area (Å²) in [7, 11) is -2.49. The zero-order chi connectivity index (χ0) is 16.8. The predicted octanol–water partition coefficient (Wildman–Crippen LogP) is 3.48. The van der Waals surface area contributed by atoms with Crippen molar-refractivity contribution >= 4 is 8.32 Å². The van der Waals surface area contributed by atoms with E-state index in [1.165, 1.54) is 6.08 Å². The number of halogens is 1. The molecule has 0 N–H and O–H groups in total. The van der Waals surface area contributed by atoms with Crippen molar-refractivity contribution < 1.29 is 13.7 Å². The van der Waals surface area contributed by atoms with E-state index in [0.717, 1.165) is 19.5 Å². The van der Waals surface area contributed by atoms with Crippen LogP contribution in [-0.2, 0) is 4.43 Å². The Morgan fingerprint density at radius 2 is 2.05 bits per heavy atom. The summed E-state index contributed by atoms with van der Waals surface area (Å²) in [5, 5.41) is 11.3. The summed E-state index contributed by atoms with van der Waals surface area (Å²) in [6, 6.07) is -1.49. The summed E-state index contributed by atoms with van der Waals surface area (Å²) in [6.07, 6.45) is 5.36. The van der Waals surface area contributed by atoms with E-state index in [2.05, 4.69) is 0 Å². The summed E-state index contributed by atoms with van der Waals surface area (Å²) in [5.41, 5.74) is 0.417. The molecule has 0 aromatic heterocycles. The SMILES string of the molecule is CC(C)(C)[Si](C)(C)OC1(F)C=CC=C(N2CCC2)C1[N+](=O)[O-]. The van der Waals surface area contributed by atoms with Crippen LogP contribution in [-0.4, -0.2) is 43.1 Å². The molecule has 0 radical (unpaired) electrons. The molecule has 2 unspecified atom stereocenters. The molecule has 5 nitrogen and oxygen atoms in total. The molecule has 0 saturated carbocycles. The maximum absolute atomic E-state index is 15.5. The number of rotatable bonds is 4. The van der Waals surface area contributed by atoms with Gasteiger partial charge in [0.1, 0.15) is 0 Å². The van der Waals surface area contributed by atoms with Gasteiger partial charge in [0.25, 0.3) is 5.85 Å². The van der Waals surface area contributed by atoms with E-state index in [9.17, 15) is 10.1 Å². The molecule has 1 heterocycles. The topological polar surface area (TPSA) is 55.6 Å². The molecule has 0 aromatic rings. The van der Waals surface area contributed by atoms with Gasteiger partial charge in [-0.25, -0.2) is 4.39 Å². The van der Waals surface area contributed by atoms with Crippen molar-refractivity contribution in [2.45, 2.75) is 57.2 Å². The molecule has 0 bridgehead atoms. The van der Waals surface area contributed by atoms with Crippen LogP contribution < -0.4 is 0 Å². The van der Waals surface area contributed by atoms with Crippen LogP contribution in [0.2, 0.25) is 18.1 Å². The number of nitrogens with zero attached hydrogens (tertiary/aromatic N) is 2. The van der Waals surface area contributed by atoms with E-state index in [1.807, 2.05) is 38.8 Å². The maximum atomic E-state index is 15.5. The van der Waals surface area contributed by atoms with Crippen LogP contribution in [0.4, 0.5) is 4.39 Å². The van der Waals surface area contributed by atoms with Gasteiger partial charge < -0.3 is 9.33 Å². The van der Waals surface area contributed by atoms with E-state index in [0.29, 0.717) is 5.70 Å². The Morgan fingerprint density at radius 1 is 1.45 bits per heavy atom. The fourth-order valence-corrected chi connectivity index (χ4v) is 3.67. The summed E-state index contributed by atoms with van der Waals surface area (Å²) in [6.45, 7) is 11.2. The Kier molecular flexibility index (Phi) is 4.25. The normalized spacial score (nSPS) is 29.1. The van der Waals surface area contributed by atoms with Gasteiger partial charge in [-0.1, -0.05) is 26.8 Å². The monoisotopic (exact) mass is 328 g/mol. The summed E-state index contributed by atoms with van der Waals surface area (Å²) in [5.74, 6) is -2.38. The second-order valence-corrected chi connectivity index (χ2v) is 12.3. The molecule has 2 aliphatic rings. The molecule has 2 rings (SSSR count).